The first kappa shape index (κ1) is 31.9. The normalized spacial score (nSPS) is 11.6. The van der Waals surface area contributed by atoms with Crippen LogP contribution in [0.15, 0.2) is 203 Å². The first-order valence-electron chi connectivity index (χ1n) is 18.8. The highest BCUT2D eigenvalue weighted by molar-refractivity contribution is 6.12. The third-order valence-electron chi connectivity index (χ3n) is 10.7. The smallest absolute Gasteiger partial charge is 0.160 e. The largest absolute Gasteiger partial charge is 0.456 e. The van der Waals surface area contributed by atoms with E-state index in [-0.39, 0.29) is 0 Å². The van der Waals surface area contributed by atoms with Crippen LogP contribution in [0.1, 0.15) is 0 Å². The zero-order valence-electron chi connectivity index (χ0n) is 30.2. The lowest BCUT2D eigenvalue weighted by atomic mass is 9.92. The molecule has 0 saturated heterocycles. The van der Waals surface area contributed by atoms with Crippen LogP contribution in [-0.2, 0) is 0 Å². The van der Waals surface area contributed by atoms with Crippen molar-refractivity contribution in [2.75, 3.05) is 0 Å². The van der Waals surface area contributed by atoms with Crippen LogP contribution in [0.5, 0.6) is 0 Å². The lowest BCUT2D eigenvalue weighted by Crippen LogP contribution is -1.96. The molecule has 0 fully saturated rings. The first-order chi connectivity index (χ1) is 27.7. The van der Waals surface area contributed by atoms with E-state index in [9.17, 15) is 0 Å². The highest BCUT2D eigenvalue weighted by Crippen LogP contribution is 2.40. The predicted molar refractivity (Wildman–Crippen MR) is 229 cm³/mol. The lowest BCUT2D eigenvalue weighted by molar-refractivity contribution is 0.668. The van der Waals surface area contributed by atoms with Crippen LogP contribution in [-0.4, -0.2) is 9.97 Å². The minimum Gasteiger partial charge on any atom is -0.456 e. The fourth-order valence-electron chi connectivity index (χ4n) is 7.94. The van der Waals surface area contributed by atoms with Gasteiger partial charge in [0.2, 0.25) is 0 Å². The molecule has 0 atom stereocenters. The van der Waals surface area contributed by atoms with Crippen LogP contribution < -0.4 is 0 Å². The molecular formula is C52H32N2O2. The van der Waals surface area contributed by atoms with E-state index in [0.717, 1.165) is 105 Å². The topological polar surface area (TPSA) is 52.1 Å². The minimum absolute atomic E-state index is 0.686. The van der Waals surface area contributed by atoms with Crippen molar-refractivity contribution in [3.05, 3.63) is 194 Å². The van der Waals surface area contributed by atoms with Gasteiger partial charge < -0.3 is 8.83 Å². The summed E-state index contributed by atoms with van der Waals surface area (Å²) in [6.45, 7) is 0. The SMILES string of the molecule is c1ccc(-c2cc(-c3cc(-c4ccc(-c5cccc6oc7ccccc7c56)cc4)cc(-c4ccc5oc6ccccc6c5c4)c3)nc(-c3ccccc3)n2)cc1. The summed E-state index contributed by atoms with van der Waals surface area (Å²) in [6.07, 6.45) is 0. The van der Waals surface area contributed by atoms with Crippen molar-refractivity contribution in [3.8, 4) is 67.3 Å². The Labute approximate surface area is 323 Å². The summed E-state index contributed by atoms with van der Waals surface area (Å²) in [6, 6.07) is 67.5. The number of aromatic nitrogens is 2. The molecule has 0 aliphatic heterocycles. The molecule has 4 nitrogen and oxygen atoms in total. The van der Waals surface area contributed by atoms with Crippen molar-refractivity contribution in [1.29, 1.82) is 0 Å². The maximum absolute atomic E-state index is 6.22. The van der Waals surface area contributed by atoms with Crippen molar-refractivity contribution in [1.82, 2.24) is 9.97 Å². The van der Waals surface area contributed by atoms with Crippen molar-refractivity contribution in [2.45, 2.75) is 0 Å². The van der Waals surface area contributed by atoms with Gasteiger partial charge in [0.1, 0.15) is 22.3 Å². The molecule has 56 heavy (non-hydrogen) atoms. The monoisotopic (exact) mass is 716 g/mol. The summed E-state index contributed by atoms with van der Waals surface area (Å²) in [5.41, 5.74) is 15.0. The second kappa shape index (κ2) is 13.1. The standard InChI is InChI=1S/C52H32N2O2/c1-3-12-35(13-4-1)45-32-46(54-52(53-45)36-14-5-2-6-15-36)40-29-38(28-39(30-40)37-26-27-49-44(31-37)42-16-7-9-19-47(42)55-49)33-22-24-34(25-23-33)41-18-11-21-50-51(41)43-17-8-10-20-48(43)56-50/h1-32H. The molecule has 0 aliphatic carbocycles. The molecule has 0 amide bonds. The molecule has 4 heteroatoms. The van der Waals surface area contributed by atoms with E-state index >= 15 is 0 Å². The van der Waals surface area contributed by atoms with Gasteiger partial charge in [-0.3, -0.25) is 0 Å². The van der Waals surface area contributed by atoms with E-state index < -0.39 is 0 Å². The van der Waals surface area contributed by atoms with Crippen LogP contribution >= 0.6 is 0 Å². The van der Waals surface area contributed by atoms with Crippen LogP contribution in [0.4, 0.5) is 0 Å². The zero-order valence-corrected chi connectivity index (χ0v) is 30.2. The molecule has 8 aromatic carbocycles. The molecule has 3 aromatic heterocycles. The van der Waals surface area contributed by atoms with Gasteiger partial charge in [0.15, 0.2) is 5.82 Å². The number of para-hydroxylation sites is 2. The second-order valence-corrected chi connectivity index (χ2v) is 14.2. The van der Waals surface area contributed by atoms with Crippen LogP contribution in [0.2, 0.25) is 0 Å². The van der Waals surface area contributed by atoms with Gasteiger partial charge in [-0.25, -0.2) is 9.97 Å². The minimum atomic E-state index is 0.686. The number of benzene rings is 8. The Balaban J connectivity index is 1.09. The molecular weight excluding hydrogens is 685 g/mol. The average Bonchev–Trinajstić information content (AvgIpc) is 3.85. The Bertz CT molecular complexity index is 3180. The Hall–Kier alpha value is -7.56. The van der Waals surface area contributed by atoms with Crippen LogP contribution in [0, 0.1) is 0 Å². The fraction of sp³-hybridized carbons (Fsp3) is 0. The van der Waals surface area contributed by atoms with Gasteiger partial charge in [-0.15, -0.1) is 0 Å². The Morgan fingerprint density at radius 2 is 0.821 bits per heavy atom. The highest BCUT2D eigenvalue weighted by Gasteiger charge is 2.16. The second-order valence-electron chi connectivity index (χ2n) is 14.2. The van der Waals surface area contributed by atoms with Crippen LogP contribution in [0.3, 0.4) is 0 Å². The molecule has 0 spiro atoms. The number of rotatable bonds is 6. The lowest BCUT2D eigenvalue weighted by Gasteiger charge is -2.14. The van der Waals surface area contributed by atoms with E-state index in [0.29, 0.717) is 5.82 Å². The summed E-state index contributed by atoms with van der Waals surface area (Å²) in [5.74, 6) is 0.686. The van der Waals surface area contributed by atoms with Crippen molar-refractivity contribution in [3.63, 3.8) is 0 Å². The van der Waals surface area contributed by atoms with Crippen molar-refractivity contribution >= 4 is 43.9 Å². The predicted octanol–water partition coefficient (Wildman–Crippen LogP) is 14.3. The molecule has 11 aromatic rings. The Kier molecular flexibility index (Phi) is 7.46. The third-order valence-corrected chi connectivity index (χ3v) is 10.7. The van der Waals surface area contributed by atoms with Crippen LogP contribution in [0.25, 0.3) is 111 Å². The number of fused-ring (bicyclic) bond motifs is 6. The van der Waals surface area contributed by atoms with Gasteiger partial charge in [-0.2, -0.15) is 0 Å². The van der Waals surface area contributed by atoms with E-state index in [1.807, 2.05) is 66.7 Å². The molecule has 0 bridgehead atoms. The van der Waals surface area contributed by atoms with Gasteiger partial charge in [-0.1, -0.05) is 140 Å². The quantitative estimate of drug-likeness (QED) is 0.172. The summed E-state index contributed by atoms with van der Waals surface area (Å²) in [4.78, 5) is 10.3. The average molecular weight is 717 g/mol. The van der Waals surface area contributed by atoms with E-state index in [1.54, 1.807) is 0 Å². The summed E-state index contributed by atoms with van der Waals surface area (Å²) in [7, 11) is 0. The molecule has 0 radical (unpaired) electrons. The number of hydrogen-bond acceptors (Lipinski definition) is 4. The molecule has 0 N–H and O–H groups in total. The van der Waals surface area contributed by atoms with Gasteiger partial charge in [0.25, 0.3) is 0 Å². The summed E-state index contributed by atoms with van der Waals surface area (Å²) in [5, 5.41) is 4.45. The molecule has 11 rings (SSSR count). The van der Waals surface area contributed by atoms with Gasteiger partial charge >= 0.3 is 0 Å². The summed E-state index contributed by atoms with van der Waals surface area (Å²) < 4.78 is 12.4. The highest BCUT2D eigenvalue weighted by atomic mass is 16.3. The molecule has 0 saturated carbocycles. The molecule has 262 valence electrons. The Morgan fingerprint density at radius 1 is 0.286 bits per heavy atom. The first-order valence-corrected chi connectivity index (χ1v) is 18.8. The maximum Gasteiger partial charge on any atom is 0.160 e. The van der Waals surface area contributed by atoms with E-state index in [2.05, 4.69) is 127 Å². The number of nitrogens with zero attached hydrogens (tertiary/aromatic N) is 2. The van der Waals surface area contributed by atoms with E-state index in [4.69, 9.17) is 18.8 Å². The number of hydrogen-bond donors (Lipinski definition) is 0. The molecule has 0 aliphatic rings. The number of furan rings is 2. The van der Waals surface area contributed by atoms with Gasteiger partial charge in [0, 0.05) is 38.2 Å². The Morgan fingerprint density at radius 3 is 1.59 bits per heavy atom. The van der Waals surface area contributed by atoms with Crippen molar-refractivity contribution in [2.24, 2.45) is 0 Å². The van der Waals surface area contributed by atoms with Crippen molar-refractivity contribution < 1.29 is 8.83 Å². The zero-order chi connectivity index (χ0) is 37.0. The molecule has 0 unspecified atom stereocenters. The van der Waals surface area contributed by atoms with Gasteiger partial charge in [0.05, 0.1) is 11.4 Å². The summed E-state index contributed by atoms with van der Waals surface area (Å²) >= 11 is 0. The fourth-order valence-corrected chi connectivity index (χ4v) is 7.94. The maximum atomic E-state index is 6.22. The molecule has 3 heterocycles. The third kappa shape index (κ3) is 5.55. The van der Waals surface area contributed by atoms with Gasteiger partial charge in [-0.05, 0) is 88.0 Å². The van der Waals surface area contributed by atoms with E-state index in [1.165, 1.54) is 0 Å².